The molecule has 16 nitrogen and oxygen atoms in total. The number of likely N-dealkylation sites (tertiary alicyclic amines) is 2. The molecule has 4 bridgehead atoms. The summed E-state index contributed by atoms with van der Waals surface area (Å²) >= 11 is 0. The van der Waals surface area contributed by atoms with Crippen molar-refractivity contribution in [2.75, 3.05) is 14.2 Å². The van der Waals surface area contributed by atoms with Gasteiger partial charge in [0.15, 0.2) is 5.67 Å². The summed E-state index contributed by atoms with van der Waals surface area (Å²) in [7, 11) is 2.45. The molecule has 4 amide bonds. The number of aryl methyl sites for hydroxylation is 2. The average Bonchev–Trinajstić information content (AvgIpc) is 4.41. The Balaban J connectivity index is 0.900. The second kappa shape index (κ2) is 21.4. The van der Waals surface area contributed by atoms with E-state index in [1.807, 2.05) is 24.8 Å². The number of fused-ring (bicyclic) bond motifs is 8. The number of alkyl carbamates (subject to hydrolysis) is 2. The van der Waals surface area contributed by atoms with Gasteiger partial charge in [0.2, 0.25) is 11.8 Å². The summed E-state index contributed by atoms with van der Waals surface area (Å²) < 4.78 is 79.8. The molecule has 4 aromatic carbocycles. The first-order chi connectivity index (χ1) is 39.0. The summed E-state index contributed by atoms with van der Waals surface area (Å²) in [6.45, 7) is 3.68. The summed E-state index contributed by atoms with van der Waals surface area (Å²) in [5, 5.41) is 5.34. The van der Waals surface area contributed by atoms with Crippen LogP contribution in [-0.2, 0) is 44.0 Å². The first-order valence-corrected chi connectivity index (χ1v) is 28.9. The average molecular weight is 1120 g/mol. The van der Waals surface area contributed by atoms with E-state index in [9.17, 15) is 19.2 Å². The number of rotatable bonds is 12. The lowest BCUT2D eigenvalue weighted by Gasteiger charge is -2.37. The van der Waals surface area contributed by atoms with Crippen molar-refractivity contribution in [3.63, 3.8) is 0 Å². The minimum Gasteiger partial charge on any atom is -0.453 e. The number of halogens is 4. The molecule has 2 saturated carbocycles. The van der Waals surface area contributed by atoms with Gasteiger partial charge in [0.1, 0.15) is 41.2 Å². The van der Waals surface area contributed by atoms with Crippen molar-refractivity contribution in [3.8, 4) is 22.3 Å². The Hall–Kier alpha value is -7.06. The number of amides is 4. The fourth-order valence-corrected chi connectivity index (χ4v) is 14.9. The van der Waals surface area contributed by atoms with Crippen LogP contribution in [-0.4, -0.2) is 104 Å². The Kier molecular flexibility index (Phi) is 14.4. The number of carbonyl (C=O) groups excluding carboxylic acids is 4. The molecule has 4 heterocycles. The van der Waals surface area contributed by atoms with E-state index in [4.69, 9.17) is 30.9 Å². The molecule has 428 valence electrons. The van der Waals surface area contributed by atoms with Crippen LogP contribution in [0.4, 0.5) is 27.2 Å². The Morgan fingerprint density at radius 3 is 1.63 bits per heavy atom. The first-order valence-electron chi connectivity index (χ1n) is 28.9. The molecule has 7 aliphatic rings. The number of hydrogen-bond donors (Lipinski definition) is 6. The number of imidazole rings is 2. The Morgan fingerprint density at radius 1 is 0.642 bits per heavy atom. The smallest absolute Gasteiger partial charge is 0.407 e. The molecule has 0 spiro atoms. The first kappa shape index (κ1) is 54.5. The number of aromatic nitrogens is 4. The molecule has 11 atom stereocenters. The number of hydrogen-bond acceptors (Lipinski definition) is 10. The second-order valence-electron chi connectivity index (χ2n) is 23.5. The molecule has 81 heavy (non-hydrogen) atoms. The number of H-pyrrole nitrogens is 2. The van der Waals surface area contributed by atoms with E-state index in [0.29, 0.717) is 76.1 Å². The highest BCUT2D eigenvalue weighted by atomic mass is 19.2. The molecule has 2 aromatic heterocycles. The van der Waals surface area contributed by atoms with Crippen LogP contribution in [0.15, 0.2) is 48.5 Å². The van der Waals surface area contributed by atoms with Crippen molar-refractivity contribution in [1.29, 1.82) is 0 Å². The predicted molar refractivity (Wildman–Crippen MR) is 296 cm³/mol. The van der Waals surface area contributed by atoms with E-state index in [2.05, 4.69) is 20.6 Å². The standard InChI is InChI=1S/C61H70F4N10O6/c1-5-42(66)53(72-59(78)80-3)57(76)74-48-13-9-7-11-31(48)23-50(74)55-68-44-25-35(39(62)27-46(44)70-55)34-19-30-17-18-61(65)38(21-30)33(34)16-15-29-20-37(52(61)41(64)22-29)36-26-45-47(28-40(36)63)71-56(69-45)51-24-32-12-8-10-14-49(32)75(51)58(77)54(43(67)6-2)73-60(79)81-4/h19-22,25-28,31-32,42-43,48-51,53-54H,5-18,23-24,66-67H2,1-4H3,(H,68,70)(H,69,71)(H,72,78)(H,73,79)/t31-,32-,42-,43-,48-,49-,50-,51-,53-,54-,61?/m0/s1. The zero-order valence-electron chi connectivity index (χ0n) is 46.1. The number of nitrogens with one attached hydrogen (secondary N) is 4. The van der Waals surface area contributed by atoms with Gasteiger partial charge in [-0.2, -0.15) is 0 Å². The monoisotopic (exact) mass is 1110 g/mol. The van der Waals surface area contributed by atoms with Gasteiger partial charge in [-0.25, -0.2) is 37.1 Å². The predicted octanol–water partition coefficient (Wildman–Crippen LogP) is 10.0. The number of benzene rings is 4. The zero-order valence-corrected chi connectivity index (χ0v) is 46.1. The van der Waals surface area contributed by atoms with Crippen LogP contribution in [0.25, 0.3) is 44.3 Å². The van der Waals surface area contributed by atoms with E-state index < -0.39 is 71.6 Å². The van der Waals surface area contributed by atoms with Crippen molar-refractivity contribution in [1.82, 2.24) is 40.4 Å². The molecule has 4 fully saturated rings. The van der Waals surface area contributed by atoms with Gasteiger partial charge in [0, 0.05) is 53.0 Å². The van der Waals surface area contributed by atoms with Crippen LogP contribution in [0.2, 0.25) is 0 Å². The maximum Gasteiger partial charge on any atom is 0.407 e. The van der Waals surface area contributed by atoms with E-state index in [0.717, 1.165) is 56.9 Å². The van der Waals surface area contributed by atoms with Crippen molar-refractivity contribution in [2.45, 2.75) is 171 Å². The van der Waals surface area contributed by atoms with Crippen LogP contribution in [0.5, 0.6) is 0 Å². The number of aromatic amines is 2. The highest BCUT2D eigenvalue weighted by molar-refractivity contribution is 5.90. The van der Waals surface area contributed by atoms with Crippen LogP contribution < -0.4 is 22.1 Å². The number of methoxy groups -OCH3 is 2. The Morgan fingerprint density at radius 2 is 1.12 bits per heavy atom. The molecular formula is C61H70F4N10O6. The van der Waals surface area contributed by atoms with Gasteiger partial charge in [-0.15, -0.1) is 0 Å². The normalized spacial score (nSPS) is 25.3. The maximum atomic E-state index is 18.9. The largest absolute Gasteiger partial charge is 0.453 e. The van der Waals surface area contributed by atoms with Crippen molar-refractivity contribution < 1.29 is 46.2 Å². The van der Waals surface area contributed by atoms with Crippen molar-refractivity contribution in [2.24, 2.45) is 23.3 Å². The topological polar surface area (TPSA) is 227 Å². The molecule has 0 radical (unpaired) electrons. The summed E-state index contributed by atoms with van der Waals surface area (Å²) in [4.78, 5) is 74.6. The number of nitrogens with two attached hydrogens (primary N) is 2. The summed E-state index contributed by atoms with van der Waals surface area (Å²) in [6, 6.07) is 7.56. The van der Waals surface area contributed by atoms with Gasteiger partial charge in [-0.1, -0.05) is 57.7 Å². The number of carbonyl (C=O) groups is 4. The quantitative estimate of drug-likeness (QED) is 0.0636. The molecule has 2 saturated heterocycles. The zero-order chi connectivity index (χ0) is 56.8. The van der Waals surface area contributed by atoms with Crippen LogP contribution in [0, 0.1) is 29.3 Å². The molecule has 8 N–H and O–H groups in total. The minimum absolute atomic E-state index is 0.0425. The van der Waals surface area contributed by atoms with Gasteiger partial charge < -0.3 is 51.3 Å². The molecule has 13 rings (SSSR count). The van der Waals surface area contributed by atoms with Gasteiger partial charge in [0.25, 0.3) is 0 Å². The number of ether oxygens (including phenoxy) is 2. The van der Waals surface area contributed by atoms with E-state index in [-0.39, 0.29) is 89.2 Å². The lowest BCUT2D eigenvalue weighted by molar-refractivity contribution is -0.138. The summed E-state index contributed by atoms with van der Waals surface area (Å²) in [5.41, 5.74) is 14.3. The minimum atomic E-state index is -2.47. The third-order valence-corrected chi connectivity index (χ3v) is 19.0. The third-order valence-electron chi connectivity index (χ3n) is 19.0. The second-order valence-corrected chi connectivity index (χ2v) is 23.5. The third kappa shape index (κ3) is 9.37. The van der Waals surface area contributed by atoms with E-state index in [1.165, 1.54) is 38.5 Å². The molecule has 20 heteroatoms. The Bertz CT molecular complexity index is 3500. The Labute approximate surface area is 466 Å². The fourth-order valence-electron chi connectivity index (χ4n) is 14.9. The molecular weight excluding hydrogens is 1040 g/mol. The van der Waals surface area contributed by atoms with Gasteiger partial charge in [-0.05, 0) is 140 Å². The van der Waals surface area contributed by atoms with Crippen molar-refractivity contribution in [3.05, 3.63) is 105 Å². The maximum absolute atomic E-state index is 18.9. The van der Waals surface area contributed by atoms with E-state index >= 15 is 17.6 Å². The van der Waals surface area contributed by atoms with Gasteiger partial charge >= 0.3 is 12.2 Å². The molecule has 5 aliphatic carbocycles. The van der Waals surface area contributed by atoms with Crippen molar-refractivity contribution >= 4 is 46.1 Å². The summed E-state index contributed by atoms with van der Waals surface area (Å²) in [5.74, 6) is -1.59. The lowest BCUT2D eigenvalue weighted by atomic mass is 9.72. The highest BCUT2D eigenvalue weighted by Crippen LogP contribution is 2.53. The van der Waals surface area contributed by atoms with E-state index in [1.54, 1.807) is 23.1 Å². The van der Waals surface area contributed by atoms with Gasteiger partial charge in [0.05, 0.1) is 48.4 Å². The van der Waals surface area contributed by atoms with Crippen LogP contribution in [0.1, 0.15) is 149 Å². The van der Waals surface area contributed by atoms with Gasteiger partial charge in [-0.3, -0.25) is 9.59 Å². The fraction of sp³-hybridized carbons (Fsp3) is 0.508. The lowest BCUT2D eigenvalue weighted by Crippen LogP contribution is -2.58. The van der Waals surface area contributed by atoms with Crippen LogP contribution in [0.3, 0.4) is 0 Å². The number of nitrogens with zero attached hydrogens (tertiary/aromatic N) is 4. The SMILES string of the molecule is CC[C@H](N)[C@H](NC(=O)OC)C(=O)N1[C@H](c2nc3cc(-c4cc5cc6c4CCc4cc(F)c(c(-c7cc8nc([C@@H]9C[C@@H]%10CCCC[C@@H]%10N9C(=O)[C@@H](NC(=O)OC)[C@@H](N)CC)[nH]c8cc7F)c4)C6(F)CC5)c(F)cc3[nH]2)C[C@@H]2CCCC[C@@H]21. The molecule has 6 aromatic rings. The van der Waals surface area contributed by atoms with Crippen LogP contribution >= 0.6 is 0 Å². The molecule has 2 aliphatic heterocycles. The number of alkyl halides is 1. The highest BCUT2D eigenvalue weighted by Gasteiger charge is 2.51. The molecule has 1 unspecified atom stereocenters. The summed E-state index contributed by atoms with van der Waals surface area (Å²) in [6.07, 6.45) is 8.17.